The van der Waals surface area contributed by atoms with Gasteiger partial charge in [-0.2, -0.15) is 0 Å². The van der Waals surface area contributed by atoms with Crippen LogP contribution in [0.15, 0.2) is 18.2 Å². The lowest BCUT2D eigenvalue weighted by molar-refractivity contribution is 0.225. The third-order valence-electron chi connectivity index (χ3n) is 3.02. The Hall–Kier alpha value is -1.02. The van der Waals surface area contributed by atoms with Crippen molar-refractivity contribution in [1.29, 1.82) is 0 Å². The van der Waals surface area contributed by atoms with E-state index in [-0.39, 0.29) is 0 Å². The van der Waals surface area contributed by atoms with E-state index in [1.807, 2.05) is 12.1 Å². The van der Waals surface area contributed by atoms with Crippen molar-refractivity contribution in [2.75, 3.05) is 0 Å². The van der Waals surface area contributed by atoms with Crippen LogP contribution in [0, 0.1) is 0 Å². The van der Waals surface area contributed by atoms with Crippen molar-refractivity contribution in [3.63, 3.8) is 0 Å². The summed E-state index contributed by atoms with van der Waals surface area (Å²) >= 11 is 5.28. The Kier molecular flexibility index (Phi) is 6.81. The zero-order valence-electron chi connectivity index (χ0n) is 11.2. The van der Waals surface area contributed by atoms with E-state index in [2.05, 4.69) is 19.9 Å². The summed E-state index contributed by atoms with van der Waals surface area (Å²) in [4.78, 5) is 10.8. The molecule has 0 heterocycles. The van der Waals surface area contributed by atoms with Crippen molar-refractivity contribution < 1.29 is 9.53 Å². The van der Waals surface area contributed by atoms with Gasteiger partial charge >= 0.3 is 5.43 Å². The Bertz CT molecular complexity index is 388. The van der Waals surface area contributed by atoms with E-state index in [1.165, 1.54) is 24.8 Å². The zero-order valence-corrected chi connectivity index (χ0v) is 11.9. The largest absolute Gasteiger partial charge is 0.414 e. The smallest absolute Gasteiger partial charge is 0.409 e. The number of unbranched alkanes of at least 4 members (excludes halogenated alkanes) is 3. The molecule has 1 aromatic rings. The molecule has 0 N–H and O–H groups in total. The molecule has 3 heteroatoms. The van der Waals surface area contributed by atoms with Crippen molar-refractivity contribution in [2.45, 2.75) is 52.4 Å². The molecule has 0 aliphatic carbocycles. The van der Waals surface area contributed by atoms with E-state index in [0.717, 1.165) is 24.8 Å². The van der Waals surface area contributed by atoms with Crippen LogP contribution in [-0.2, 0) is 12.8 Å². The first-order valence-corrected chi connectivity index (χ1v) is 7.04. The average Bonchev–Trinajstić information content (AvgIpc) is 2.35. The van der Waals surface area contributed by atoms with E-state index in [1.54, 1.807) is 0 Å². The molecule has 0 aromatic heterocycles. The lowest BCUT2D eigenvalue weighted by Gasteiger charge is -2.10. The van der Waals surface area contributed by atoms with Gasteiger partial charge in [-0.05, 0) is 36.5 Å². The molecule has 2 nitrogen and oxygen atoms in total. The highest BCUT2D eigenvalue weighted by molar-refractivity contribution is 6.61. The van der Waals surface area contributed by atoms with Gasteiger partial charge in [0.15, 0.2) is 0 Å². The number of hydrogen-bond acceptors (Lipinski definition) is 2. The molecule has 0 aliphatic rings. The first kappa shape index (κ1) is 15.0. The van der Waals surface area contributed by atoms with Gasteiger partial charge in [0.1, 0.15) is 5.75 Å². The van der Waals surface area contributed by atoms with Crippen molar-refractivity contribution in [1.82, 2.24) is 0 Å². The highest BCUT2D eigenvalue weighted by atomic mass is 35.5. The first-order chi connectivity index (χ1) is 8.67. The number of rotatable bonds is 7. The molecule has 0 saturated carbocycles. The average molecular weight is 269 g/mol. The van der Waals surface area contributed by atoms with Crippen molar-refractivity contribution >= 4 is 17.0 Å². The van der Waals surface area contributed by atoms with E-state index in [9.17, 15) is 4.79 Å². The maximum atomic E-state index is 10.8. The number of carbonyl (C=O) groups is 1. The standard InChI is InChI=1S/C15H21ClO2/c1-3-5-6-7-8-13-11-12(4-2)9-10-14(13)18-15(16)17/h9-11H,3-8H2,1-2H3. The molecule has 1 aromatic carbocycles. The van der Waals surface area contributed by atoms with Gasteiger partial charge in [-0.1, -0.05) is 45.2 Å². The van der Waals surface area contributed by atoms with Crippen molar-refractivity contribution in [2.24, 2.45) is 0 Å². The topological polar surface area (TPSA) is 26.3 Å². The first-order valence-electron chi connectivity index (χ1n) is 6.66. The zero-order chi connectivity index (χ0) is 13.4. The van der Waals surface area contributed by atoms with Crippen LogP contribution in [0.25, 0.3) is 0 Å². The fourth-order valence-electron chi connectivity index (χ4n) is 1.98. The van der Waals surface area contributed by atoms with E-state index in [4.69, 9.17) is 16.3 Å². The second-order valence-electron chi connectivity index (χ2n) is 4.45. The summed E-state index contributed by atoms with van der Waals surface area (Å²) in [6, 6.07) is 5.93. The molecule has 0 saturated heterocycles. The minimum absolute atomic E-state index is 0.601. The summed E-state index contributed by atoms with van der Waals surface area (Å²) in [5.74, 6) is 0.601. The van der Waals surface area contributed by atoms with Gasteiger partial charge in [-0.3, -0.25) is 0 Å². The second-order valence-corrected chi connectivity index (χ2v) is 4.75. The molecule has 0 fully saturated rings. The molecule has 100 valence electrons. The summed E-state index contributed by atoms with van der Waals surface area (Å²) in [5.41, 5.74) is 1.57. The van der Waals surface area contributed by atoms with E-state index in [0.29, 0.717) is 5.75 Å². The molecule has 0 amide bonds. The Morgan fingerprint density at radius 1 is 1.22 bits per heavy atom. The summed E-state index contributed by atoms with van der Waals surface area (Å²) < 4.78 is 5.03. The molecular formula is C15H21ClO2. The summed E-state index contributed by atoms with van der Waals surface area (Å²) in [6.45, 7) is 4.31. The lowest BCUT2D eigenvalue weighted by Crippen LogP contribution is -2.01. The number of halogens is 1. The SMILES string of the molecule is CCCCCCc1cc(CC)ccc1OC(=O)Cl. The number of carbonyl (C=O) groups excluding carboxylic acids is 1. The fraction of sp³-hybridized carbons (Fsp3) is 0.533. The Balaban J connectivity index is 2.72. The van der Waals surface area contributed by atoms with Crippen molar-refractivity contribution in [3.05, 3.63) is 29.3 Å². The molecular weight excluding hydrogens is 248 g/mol. The fourth-order valence-corrected chi connectivity index (χ4v) is 2.06. The van der Waals surface area contributed by atoms with Crippen LogP contribution in [-0.4, -0.2) is 5.43 Å². The van der Waals surface area contributed by atoms with Crippen LogP contribution in [0.5, 0.6) is 5.75 Å². The normalized spacial score (nSPS) is 10.4. The van der Waals surface area contributed by atoms with Crippen LogP contribution in [0.4, 0.5) is 4.79 Å². The van der Waals surface area contributed by atoms with Gasteiger partial charge in [-0.25, -0.2) is 4.79 Å². The third-order valence-corrected chi connectivity index (χ3v) is 3.10. The number of hydrogen-bond donors (Lipinski definition) is 0. The molecule has 0 radical (unpaired) electrons. The monoisotopic (exact) mass is 268 g/mol. The van der Waals surface area contributed by atoms with E-state index >= 15 is 0 Å². The van der Waals surface area contributed by atoms with Crippen LogP contribution < -0.4 is 4.74 Å². The predicted octanol–water partition coefficient (Wildman–Crippen LogP) is 5.11. The third kappa shape index (κ3) is 5.09. The number of aryl methyl sites for hydroxylation is 2. The van der Waals surface area contributed by atoms with Crippen LogP contribution in [0.2, 0.25) is 0 Å². The van der Waals surface area contributed by atoms with E-state index < -0.39 is 5.43 Å². The minimum Gasteiger partial charge on any atom is -0.414 e. The maximum Gasteiger partial charge on any atom is 0.409 e. The Morgan fingerprint density at radius 2 is 2.00 bits per heavy atom. The molecule has 0 spiro atoms. The predicted molar refractivity (Wildman–Crippen MR) is 75.5 cm³/mol. The maximum absolute atomic E-state index is 10.8. The van der Waals surface area contributed by atoms with Gasteiger partial charge in [0.05, 0.1) is 0 Å². The summed E-state index contributed by atoms with van der Waals surface area (Å²) in [5, 5.41) is 0. The molecule has 0 unspecified atom stereocenters. The van der Waals surface area contributed by atoms with Crippen LogP contribution in [0.3, 0.4) is 0 Å². The van der Waals surface area contributed by atoms with Crippen LogP contribution >= 0.6 is 11.6 Å². The number of benzene rings is 1. The van der Waals surface area contributed by atoms with Crippen molar-refractivity contribution in [3.8, 4) is 5.75 Å². The molecule has 0 atom stereocenters. The Labute approximate surface area is 114 Å². The molecule has 0 bridgehead atoms. The number of ether oxygens (including phenoxy) is 1. The molecule has 1 rings (SSSR count). The Morgan fingerprint density at radius 3 is 2.61 bits per heavy atom. The second kappa shape index (κ2) is 8.15. The van der Waals surface area contributed by atoms with Crippen LogP contribution in [0.1, 0.15) is 50.7 Å². The van der Waals surface area contributed by atoms with Gasteiger partial charge in [-0.15, -0.1) is 0 Å². The quantitative estimate of drug-likeness (QED) is 0.507. The summed E-state index contributed by atoms with van der Waals surface area (Å²) in [7, 11) is 0. The lowest BCUT2D eigenvalue weighted by atomic mass is 10.0. The molecule has 0 aliphatic heterocycles. The molecule has 18 heavy (non-hydrogen) atoms. The van der Waals surface area contributed by atoms with Gasteiger partial charge in [0.2, 0.25) is 0 Å². The highest BCUT2D eigenvalue weighted by Gasteiger charge is 2.08. The summed E-state index contributed by atoms with van der Waals surface area (Å²) in [6.07, 6.45) is 6.72. The van der Waals surface area contributed by atoms with Gasteiger partial charge in [0, 0.05) is 11.6 Å². The van der Waals surface area contributed by atoms with Gasteiger partial charge in [0.25, 0.3) is 0 Å². The van der Waals surface area contributed by atoms with Gasteiger partial charge < -0.3 is 4.74 Å². The minimum atomic E-state index is -0.769. The highest BCUT2D eigenvalue weighted by Crippen LogP contribution is 2.23.